The molecule has 1 atom stereocenters. The summed E-state index contributed by atoms with van der Waals surface area (Å²) in [6, 6.07) is 4.32. The van der Waals surface area contributed by atoms with Crippen molar-refractivity contribution in [3.05, 3.63) is 34.6 Å². The highest BCUT2D eigenvalue weighted by Crippen LogP contribution is 2.22. The van der Waals surface area contributed by atoms with E-state index in [-0.39, 0.29) is 10.6 Å². The average Bonchev–Trinajstić information content (AvgIpc) is 2.08. The standard InChI is InChI=1S/C9H6ClFO/c1-2-8(12)6-4-3-5-7(10)9(6)11/h1,3-5,8,12H/t8-/m0/s1. The number of aliphatic hydroxyl groups is 1. The molecule has 0 aliphatic heterocycles. The second-order valence-electron chi connectivity index (χ2n) is 2.21. The Kier molecular flexibility index (Phi) is 2.69. The molecule has 1 nitrogen and oxygen atoms in total. The van der Waals surface area contributed by atoms with Crippen LogP contribution in [-0.4, -0.2) is 5.11 Å². The zero-order chi connectivity index (χ0) is 9.14. The van der Waals surface area contributed by atoms with Crippen molar-refractivity contribution in [2.45, 2.75) is 6.10 Å². The molecule has 0 saturated heterocycles. The molecule has 0 saturated carbocycles. The fraction of sp³-hybridized carbons (Fsp3) is 0.111. The number of hydrogen-bond donors (Lipinski definition) is 1. The highest BCUT2D eigenvalue weighted by atomic mass is 35.5. The van der Waals surface area contributed by atoms with E-state index < -0.39 is 11.9 Å². The van der Waals surface area contributed by atoms with E-state index in [4.69, 9.17) is 23.1 Å². The fourth-order valence-electron chi connectivity index (χ4n) is 0.821. The number of halogens is 2. The van der Waals surface area contributed by atoms with Crippen molar-refractivity contribution in [1.82, 2.24) is 0 Å². The van der Waals surface area contributed by atoms with Crippen molar-refractivity contribution >= 4 is 11.6 Å². The van der Waals surface area contributed by atoms with Crippen LogP contribution in [0.3, 0.4) is 0 Å². The Morgan fingerprint density at radius 1 is 1.58 bits per heavy atom. The lowest BCUT2D eigenvalue weighted by Gasteiger charge is -2.05. The zero-order valence-electron chi connectivity index (χ0n) is 6.09. The van der Waals surface area contributed by atoms with Crippen LogP contribution < -0.4 is 0 Å². The molecule has 0 heterocycles. The summed E-state index contributed by atoms with van der Waals surface area (Å²) in [5.41, 5.74) is 0.0324. The van der Waals surface area contributed by atoms with Crippen molar-refractivity contribution in [3.63, 3.8) is 0 Å². The topological polar surface area (TPSA) is 20.2 Å². The van der Waals surface area contributed by atoms with Gasteiger partial charge in [-0.3, -0.25) is 0 Å². The summed E-state index contributed by atoms with van der Waals surface area (Å²) in [4.78, 5) is 0. The van der Waals surface area contributed by atoms with Crippen molar-refractivity contribution < 1.29 is 9.50 Å². The summed E-state index contributed by atoms with van der Waals surface area (Å²) in [5.74, 6) is 1.34. The lowest BCUT2D eigenvalue weighted by Crippen LogP contribution is -1.97. The van der Waals surface area contributed by atoms with Crippen molar-refractivity contribution in [3.8, 4) is 12.3 Å². The lowest BCUT2D eigenvalue weighted by atomic mass is 10.1. The van der Waals surface area contributed by atoms with Crippen molar-refractivity contribution in [1.29, 1.82) is 0 Å². The van der Waals surface area contributed by atoms with E-state index in [1.54, 1.807) is 0 Å². The Bertz CT molecular complexity index is 330. The molecule has 0 amide bonds. The molecule has 3 heteroatoms. The Labute approximate surface area is 74.8 Å². The lowest BCUT2D eigenvalue weighted by molar-refractivity contribution is 0.233. The van der Waals surface area contributed by atoms with Crippen LogP contribution in [-0.2, 0) is 0 Å². The molecule has 0 aromatic heterocycles. The molecule has 0 bridgehead atoms. The molecule has 1 rings (SSSR count). The van der Waals surface area contributed by atoms with Crippen LogP contribution in [0.2, 0.25) is 5.02 Å². The summed E-state index contributed by atoms with van der Waals surface area (Å²) in [6.45, 7) is 0. The van der Waals surface area contributed by atoms with Gasteiger partial charge >= 0.3 is 0 Å². The van der Waals surface area contributed by atoms with E-state index >= 15 is 0 Å². The molecule has 62 valence electrons. The number of rotatable bonds is 1. The fourth-order valence-corrected chi connectivity index (χ4v) is 1.00. The van der Waals surface area contributed by atoms with Gasteiger partial charge in [0, 0.05) is 5.56 Å². The van der Waals surface area contributed by atoms with Crippen LogP contribution in [0, 0.1) is 18.2 Å². The minimum atomic E-state index is -1.23. The first-order valence-corrected chi connectivity index (χ1v) is 3.62. The molecule has 1 aromatic carbocycles. The van der Waals surface area contributed by atoms with Crippen LogP contribution in [0.25, 0.3) is 0 Å². The smallest absolute Gasteiger partial charge is 0.148 e. The normalized spacial score (nSPS) is 12.2. The second-order valence-corrected chi connectivity index (χ2v) is 2.62. The largest absolute Gasteiger partial charge is 0.376 e. The first-order valence-electron chi connectivity index (χ1n) is 3.25. The molecule has 0 aliphatic carbocycles. The number of benzene rings is 1. The number of aliphatic hydroxyl groups excluding tert-OH is 1. The van der Waals surface area contributed by atoms with Crippen LogP contribution in [0.15, 0.2) is 18.2 Å². The van der Waals surface area contributed by atoms with E-state index in [0.29, 0.717) is 0 Å². The van der Waals surface area contributed by atoms with E-state index in [2.05, 4.69) is 0 Å². The summed E-state index contributed by atoms with van der Waals surface area (Å²) < 4.78 is 13.1. The van der Waals surface area contributed by atoms with Gasteiger partial charge < -0.3 is 5.11 Å². The van der Waals surface area contributed by atoms with Gasteiger partial charge in [-0.1, -0.05) is 29.7 Å². The molecule has 12 heavy (non-hydrogen) atoms. The SMILES string of the molecule is C#C[C@H](O)c1cccc(Cl)c1F. The maximum atomic E-state index is 13.1. The maximum Gasteiger partial charge on any atom is 0.148 e. The molecular formula is C9H6ClFO. The van der Waals surface area contributed by atoms with Crippen LogP contribution in [0.4, 0.5) is 4.39 Å². The van der Waals surface area contributed by atoms with Gasteiger partial charge in [-0.15, -0.1) is 6.42 Å². The average molecular weight is 185 g/mol. The number of terminal acetylenes is 1. The summed E-state index contributed by atoms with van der Waals surface area (Å²) in [5, 5.41) is 9.06. The Morgan fingerprint density at radius 3 is 2.83 bits per heavy atom. The van der Waals surface area contributed by atoms with E-state index in [1.807, 2.05) is 5.92 Å². The molecular weight excluding hydrogens is 179 g/mol. The summed E-state index contributed by atoms with van der Waals surface area (Å²) in [7, 11) is 0. The third-order valence-electron chi connectivity index (χ3n) is 1.43. The Hall–Kier alpha value is -1.04. The monoisotopic (exact) mass is 184 g/mol. The van der Waals surface area contributed by atoms with Gasteiger partial charge in [0.15, 0.2) is 0 Å². The van der Waals surface area contributed by atoms with Crippen molar-refractivity contribution in [2.75, 3.05) is 0 Å². The minimum absolute atomic E-state index is 0.0324. The second kappa shape index (κ2) is 3.57. The first-order chi connectivity index (χ1) is 5.66. The molecule has 0 unspecified atom stereocenters. The molecule has 1 aromatic rings. The summed E-state index contributed by atoms with van der Waals surface area (Å²) >= 11 is 5.46. The predicted molar refractivity (Wildman–Crippen MR) is 45.2 cm³/mol. The first kappa shape index (κ1) is 9.05. The van der Waals surface area contributed by atoms with Gasteiger partial charge in [-0.05, 0) is 6.07 Å². The van der Waals surface area contributed by atoms with E-state index in [1.165, 1.54) is 18.2 Å². The van der Waals surface area contributed by atoms with Gasteiger partial charge in [0.25, 0.3) is 0 Å². The van der Waals surface area contributed by atoms with Crippen LogP contribution in [0.5, 0.6) is 0 Å². The molecule has 0 aliphatic rings. The molecule has 0 radical (unpaired) electrons. The Morgan fingerprint density at radius 2 is 2.25 bits per heavy atom. The highest BCUT2D eigenvalue weighted by molar-refractivity contribution is 6.30. The molecule has 0 spiro atoms. The molecule has 0 fully saturated rings. The molecule has 1 N–H and O–H groups in total. The van der Waals surface area contributed by atoms with Crippen molar-refractivity contribution in [2.24, 2.45) is 0 Å². The predicted octanol–water partition coefficient (Wildman–Crippen LogP) is 2.15. The van der Waals surface area contributed by atoms with Gasteiger partial charge in [0.1, 0.15) is 11.9 Å². The zero-order valence-corrected chi connectivity index (χ0v) is 6.85. The van der Waals surface area contributed by atoms with Crippen LogP contribution >= 0.6 is 11.6 Å². The highest BCUT2D eigenvalue weighted by Gasteiger charge is 2.11. The quantitative estimate of drug-likeness (QED) is 0.663. The van der Waals surface area contributed by atoms with Gasteiger partial charge in [-0.25, -0.2) is 4.39 Å². The van der Waals surface area contributed by atoms with E-state index in [9.17, 15) is 4.39 Å². The number of hydrogen-bond acceptors (Lipinski definition) is 1. The van der Waals surface area contributed by atoms with Gasteiger partial charge in [-0.2, -0.15) is 0 Å². The van der Waals surface area contributed by atoms with Crippen LogP contribution in [0.1, 0.15) is 11.7 Å². The maximum absolute atomic E-state index is 13.1. The van der Waals surface area contributed by atoms with Gasteiger partial charge in [0.2, 0.25) is 0 Å². The van der Waals surface area contributed by atoms with E-state index in [0.717, 1.165) is 0 Å². The summed E-state index contributed by atoms with van der Waals surface area (Å²) in [6.07, 6.45) is 3.68. The Balaban J connectivity index is 3.18. The third-order valence-corrected chi connectivity index (χ3v) is 1.73. The third kappa shape index (κ3) is 1.58. The van der Waals surface area contributed by atoms with Gasteiger partial charge in [0.05, 0.1) is 5.02 Å². The minimum Gasteiger partial charge on any atom is -0.376 e.